The molecule has 4 heterocycles. The van der Waals surface area contributed by atoms with Gasteiger partial charge in [0.2, 0.25) is 0 Å². The minimum atomic E-state index is -0.0537. The summed E-state index contributed by atoms with van der Waals surface area (Å²) in [6, 6.07) is 22.8. The lowest BCUT2D eigenvalue weighted by Gasteiger charge is -2.32. The molecule has 2 fully saturated rings. The molecule has 0 unspecified atom stereocenters. The zero-order valence-electron chi connectivity index (χ0n) is 35.3. The third kappa shape index (κ3) is 13.6. The molecule has 0 saturated carbocycles. The molecule has 60 heavy (non-hydrogen) atoms. The molecule has 4 aromatic rings. The van der Waals surface area contributed by atoms with Gasteiger partial charge in [-0.1, -0.05) is 48.5 Å². The smallest absolute Gasteiger partial charge is 0.258 e. The van der Waals surface area contributed by atoms with Crippen LogP contribution in [-0.2, 0) is 35.3 Å². The number of thiophene rings is 1. The first kappa shape index (κ1) is 46.3. The number of rotatable bonds is 15. The number of anilines is 2. The Bertz CT molecular complexity index is 1960. The summed E-state index contributed by atoms with van der Waals surface area (Å²) in [5.74, 6) is 0.632. The van der Waals surface area contributed by atoms with Crippen molar-refractivity contribution in [3.63, 3.8) is 0 Å². The molecular weight excluding hydrogens is 779 g/mol. The number of likely N-dealkylation sites (N-methyl/N-ethyl adjacent to an activating group) is 1. The van der Waals surface area contributed by atoms with E-state index in [0.29, 0.717) is 23.2 Å². The molecular formula is C47H61N5O7S. The second-order valence-electron chi connectivity index (χ2n) is 15.3. The number of aliphatic hydroxyl groups excluding tert-OH is 1. The fraction of sp³-hybridized carbons (Fsp3) is 0.447. The van der Waals surface area contributed by atoms with Crippen LogP contribution < -0.4 is 10.6 Å². The lowest BCUT2D eigenvalue weighted by molar-refractivity contribution is 0.0338. The Labute approximate surface area is 358 Å². The fourth-order valence-electron chi connectivity index (χ4n) is 7.71. The van der Waals surface area contributed by atoms with Gasteiger partial charge < -0.3 is 30.1 Å². The molecule has 2 saturated heterocycles. The van der Waals surface area contributed by atoms with Crippen molar-refractivity contribution in [2.24, 2.45) is 5.92 Å². The number of aryl methyl sites for hydroxylation is 2. The minimum Gasteiger partial charge on any atom is -0.400 e. The summed E-state index contributed by atoms with van der Waals surface area (Å²) >= 11 is 1.72. The number of nitrogens with one attached hydrogen (secondary N) is 2. The molecule has 3 aromatic carbocycles. The van der Waals surface area contributed by atoms with Gasteiger partial charge in [-0.15, -0.1) is 11.3 Å². The third-order valence-corrected chi connectivity index (χ3v) is 12.4. The van der Waals surface area contributed by atoms with Crippen LogP contribution in [0, 0.1) is 5.92 Å². The van der Waals surface area contributed by atoms with Crippen LogP contribution in [-0.4, -0.2) is 131 Å². The van der Waals surface area contributed by atoms with Gasteiger partial charge in [0, 0.05) is 107 Å². The highest BCUT2D eigenvalue weighted by molar-refractivity contribution is 7.16. The number of benzene rings is 3. The number of carbonyl (C=O) groups excluding carboxylic acids is 4. The van der Waals surface area contributed by atoms with E-state index in [1.165, 1.54) is 21.6 Å². The Balaban J connectivity index is 0.000000261. The molecule has 13 heteroatoms. The van der Waals surface area contributed by atoms with Gasteiger partial charge in [0.15, 0.2) is 0 Å². The highest BCUT2D eigenvalue weighted by Gasteiger charge is 2.29. The maximum atomic E-state index is 13.4. The van der Waals surface area contributed by atoms with Crippen molar-refractivity contribution in [3.05, 3.63) is 117 Å². The van der Waals surface area contributed by atoms with E-state index in [9.17, 15) is 19.2 Å². The van der Waals surface area contributed by atoms with Crippen molar-refractivity contribution >= 4 is 46.4 Å². The summed E-state index contributed by atoms with van der Waals surface area (Å²) in [5, 5.41) is 14.4. The van der Waals surface area contributed by atoms with Gasteiger partial charge in [0.1, 0.15) is 17.6 Å². The third-order valence-electron chi connectivity index (χ3n) is 11.2. The molecule has 3 N–H and O–H groups in total. The number of hydrogen-bond donors (Lipinski definition) is 3. The van der Waals surface area contributed by atoms with Gasteiger partial charge in [0.25, 0.3) is 11.8 Å². The van der Waals surface area contributed by atoms with Crippen molar-refractivity contribution in [1.29, 1.82) is 0 Å². The van der Waals surface area contributed by atoms with Crippen LogP contribution in [0.1, 0.15) is 82.3 Å². The first-order valence-electron chi connectivity index (χ1n) is 21.0. The predicted molar refractivity (Wildman–Crippen MR) is 239 cm³/mol. The molecule has 0 spiro atoms. The van der Waals surface area contributed by atoms with Crippen molar-refractivity contribution < 1.29 is 33.8 Å². The van der Waals surface area contributed by atoms with Crippen molar-refractivity contribution in [2.75, 3.05) is 97.5 Å². The molecule has 0 atom stereocenters. The Morgan fingerprint density at radius 2 is 1.50 bits per heavy atom. The molecule has 0 bridgehead atoms. The number of fused-ring (bicyclic) bond motifs is 1. The van der Waals surface area contributed by atoms with Crippen molar-refractivity contribution in [3.8, 4) is 0 Å². The van der Waals surface area contributed by atoms with Crippen LogP contribution in [0.25, 0.3) is 0 Å². The van der Waals surface area contributed by atoms with Gasteiger partial charge in [-0.2, -0.15) is 0 Å². The summed E-state index contributed by atoms with van der Waals surface area (Å²) < 4.78 is 10.8. The van der Waals surface area contributed by atoms with Gasteiger partial charge in [0.05, 0.1) is 18.8 Å². The topological polar surface area (TPSA) is 141 Å². The SMILES string of the molecule is CN(CCN1CCOCC1)C(=O)c1cccc(C=O)c1.CNc1sc2c(c1C(=O)Nc1ccc(CCCc3ccc(C=O)cc3)cc1)CCN(CC1CCOCC1)C2.CO. The second kappa shape index (κ2) is 24.5. The molecule has 2 amide bonds. The molecule has 3 aliphatic rings. The van der Waals surface area contributed by atoms with E-state index in [-0.39, 0.29) is 11.8 Å². The van der Waals surface area contributed by atoms with Crippen LogP contribution in [0.2, 0.25) is 0 Å². The average Bonchev–Trinajstić information content (AvgIpc) is 3.68. The minimum absolute atomic E-state index is 0.0312. The molecule has 0 radical (unpaired) electrons. The fourth-order valence-corrected chi connectivity index (χ4v) is 8.95. The highest BCUT2D eigenvalue weighted by atomic mass is 32.1. The van der Waals surface area contributed by atoms with Crippen LogP contribution in [0.5, 0.6) is 0 Å². The number of aliphatic hydroxyl groups is 1. The van der Waals surface area contributed by atoms with Crippen LogP contribution in [0.4, 0.5) is 10.7 Å². The highest BCUT2D eigenvalue weighted by Crippen LogP contribution is 2.38. The normalized spacial score (nSPS) is 15.6. The van der Waals surface area contributed by atoms with E-state index >= 15 is 0 Å². The van der Waals surface area contributed by atoms with Crippen LogP contribution >= 0.6 is 11.3 Å². The first-order valence-corrected chi connectivity index (χ1v) is 21.8. The van der Waals surface area contributed by atoms with E-state index < -0.39 is 0 Å². The number of nitrogens with zero attached hydrogens (tertiary/aromatic N) is 3. The Hall–Kier alpha value is -4.76. The van der Waals surface area contributed by atoms with E-state index in [4.69, 9.17) is 14.6 Å². The molecule has 12 nitrogen and oxygen atoms in total. The number of aldehydes is 2. The maximum Gasteiger partial charge on any atom is 0.258 e. The monoisotopic (exact) mass is 839 g/mol. The number of morpholine rings is 1. The lowest BCUT2D eigenvalue weighted by Crippen LogP contribution is -2.41. The van der Waals surface area contributed by atoms with Gasteiger partial charge in [-0.3, -0.25) is 29.0 Å². The molecule has 1 aromatic heterocycles. The predicted octanol–water partition coefficient (Wildman–Crippen LogP) is 6.33. The second-order valence-corrected chi connectivity index (χ2v) is 16.4. The Morgan fingerprint density at radius 1 is 0.850 bits per heavy atom. The van der Waals surface area contributed by atoms with Gasteiger partial charge in [-0.25, -0.2) is 0 Å². The Kier molecular flexibility index (Phi) is 18.9. The Morgan fingerprint density at radius 3 is 2.15 bits per heavy atom. The maximum absolute atomic E-state index is 13.4. The average molecular weight is 840 g/mol. The summed E-state index contributed by atoms with van der Waals surface area (Å²) in [6.07, 6.45) is 7.82. The van der Waals surface area contributed by atoms with E-state index in [1.54, 1.807) is 47.5 Å². The molecule has 7 rings (SSSR count). The van der Waals surface area contributed by atoms with Gasteiger partial charge in [-0.05, 0) is 85.4 Å². The van der Waals surface area contributed by atoms with E-state index in [2.05, 4.69) is 32.6 Å². The van der Waals surface area contributed by atoms with Crippen molar-refractivity contribution in [2.45, 2.75) is 45.1 Å². The number of hydrogen-bond acceptors (Lipinski definition) is 11. The number of amides is 2. The quantitative estimate of drug-likeness (QED) is 0.117. The number of ether oxygens (including phenoxy) is 2. The lowest BCUT2D eigenvalue weighted by atomic mass is 9.97. The van der Waals surface area contributed by atoms with E-state index in [1.807, 2.05) is 43.4 Å². The summed E-state index contributed by atoms with van der Waals surface area (Å²) in [6.45, 7) is 9.70. The number of carbonyl (C=O) groups is 4. The zero-order chi connectivity index (χ0) is 42.7. The molecule has 0 aliphatic carbocycles. The van der Waals surface area contributed by atoms with Crippen molar-refractivity contribution in [1.82, 2.24) is 14.7 Å². The first-order chi connectivity index (χ1) is 29.3. The summed E-state index contributed by atoms with van der Waals surface area (Å²) in [5.41, 5.74) is 7.12. The van der Waals surface area contributed by atoms with E-state index in [0.717, 1.165) is 146 Å². The molecule has 3 aliphatic heterocycles. The van der Waals surface area contributed by atoms with Crippen LogP contribution in [0.3, 0.4) is 0 Å². The largest absolute Gasteiger partial charge is 0.400 e. The molecule has 322 valence electrons. The zero-order valence-corrected chi connectivity index (χ0v) is 36.1. The van der Waals surface area contributed by atoms with Crippen LogP contribution in [0.15, 0.2) is 72.8 Å². The van der Waals surface area contributed by atoms with Gasteiger partial charge >= 0.3 is 0 Å². The standard InChI is InChI=1S/C31H37N3O3S.C15H20N2O3.CH4O/c1-32-31-29(27-13-16-34(20-28(27)38-31)19-24-14-17-37-18-15-24)30(36)33-26-11-9-23(10-12-26)4-2-3-22-5-7-25(21-35)8-6-22;1-16(5-6-17-7-9-20-10-8-17)15(19)14-4-2-3-13(11-14)12-18;1-2/h5-12,21,24,32H,2-4,13-20H2,1H3,(H,33,36);2-4,11-12H,5-10H2,1H3;2H,1H3. The summed E-state index contributed by atoms with van der Waals surface area (Å²) in [7, 11) is 4.69. The summed E-state index contributed by atoms with van der Waals surface area (Å²) in [4.78, 5) is 55.0.